The van der Waals surface area contributed by atoms with Gasteiger partial charge < -0.3 is 10.8 Å². The van der Waals surface area contributed by atoms with Crippen molar-refractivity contribution in [2.24, 2.45) is 0 Å². The van der Waals surface area contributed by atoms with Gasteiger partial charge in [0.05, 0.1) is 11.0 Å². The molecule has 0 heterocycles. The number of anilines is 1. The molecule has 1 aliphatic rings. The number of hydrogen-bond donors (Lipinski definition) is 3. The number of nitrogens with two attached hydrogens (primary N) is 1. The van der Waals surface area contributed by atoms with Gasteiger partial charge in [0, 0.05) is 11.7 Å². The van der Waals surface area contributed by atoms with Gasteiger partial charge in [-0.1, -0.05) is 18.9 Å². The molecular formula is C13H20N2O3S. The molecule has 5 nitrogen and oxygen atoms in total. The fourth-order valence-corrected chi connectivity index (χ4v) is 4.01. The van der Waals surface area contributed by atoms with Crippen molar-refractivity contribution in [1.29, 1.82) is 0 Å². The predicted molar refractivity (Wildman–Crippen MR) is 74.2 cm³/mol. The average molecular weight is 284 g/mol. The van der Waals surface area contributed by atoms with Gasteiger partial charge in [-0.25, -0.2) is 13.1 Å². The summed E-state index contributed by atoms with van der Waals surface area (Å²) in [6.45, 7) is 1.68. The van der Waals surface area contributed by atoms with Crippen molar-refractivity contribution in [1.82, 2.24) is 4.72 Å². The van der Waals surface area contributed by atoms with Crippen LogP contribution in [0.2, 0.25) is 0 Å². The molecule has 19 heavy (non-hydrogen) atoms. The van der Waals surface area contributed by atoms with E-state index in [-0.39, 0.29) is 4.90 Å². The van der Waals surface area contributed by atoms with Gasteiger partial charge >= 0.3 is 0 Å². The molecule has 0 unspecified atom stereocenters. The van der Waals surface area contributed by atoms with E-state index in [0.717, 1.165) is 12.8 Å². The molecule has 4 N–H and O–H groups in total. The minimum absolute atomic E-state index is 0.185. The van der Waals surface area contributed by atoms with E-state index in [1.807, 2.05) is 0 Å². The summed E-state index contributed by atoms with van der Waals surface area (Å²) in [5, 5.41) is 9.85. The third kappa shape index (κ3) is 3.08. The molecule has 6 heteroatoms. The summed E-state index contributed by atoms with van der Waals surface area (Å²) in [7, 11) is -3.64. The summed E-state index contributed by atoms with van der Waals surface area (Å²) in [6, 6.07) is 4.42. The highest BCUT2D eigenvalue weighted by Crippen LogP contribution is 2.24. The zero-order valence-corrected chi connectivity index (χ0v) is 11.8. The number of benzene rings is 1. The van der Waals surface area contributed by atoms with Gasteiger partial charge in [0.25, 0.3) is 0 Å². The van der Waals surface area contributed by atoms with Crippen LogP contribution in [0.15, 0.2) is 23.1 Å². The van der Waals surface area contributed by atoms with Gasteiger partial charge in [-0.2, -0.15) is 0 Å². The second-order valence-corrected chi connectivity index (χ2v) is 6.73. The molecular weight excluding hydrogens is 264 g/mol. The van der Waals surface area contributed by atoms with Crippen LogP contribution in [0, 0.1) is 6.92 Å². The van der Waals surface area contributed by atoms with E-state index in [0.29, 0.717) is 24.1 Å². The highest BCUT2D eigenvalue weighted by atomic mass is 32.2. The monoisotopic (exact) mass is 284 g/mol. The molecule has 1 aliphatic carbocycles. The number of nitrogens with one attached hydrogen (secondary N) is 1. The second-order valence-electron chi connectivity index (χ2n) is 5.05. The maximum Gasteiger partial charge on any atom is 0.241 e. The zero-order chi connectivity index (χ0) is 14.0. The summed E-state index contributed by atoms with van der Waals surface area (Å²) in [5.74, 6) is 0. The summed E-state index contributed by atoms with van der Waals surface area (Å²) in [5.41, 5.74) is 6.73. The highest BCUT2D eigenvalue weighted by molar-refractivity contribution is 7.89. The molecule has 0 aromatic heterocycles. The Morgan fingerprint density at radius 3 is 2.68 bits per heavy atom. The molecule has 1 fully saturated rings. The molecule has 0 bridgehead atoms. The predicted octanol–water partition coefficient (Wildman–Crippen LogP) is 1.16. The van der Waals surface area contributed by atoms with Gasteiger partial charge in [0.15, 0.2) is 0 Å². The fraction of sp³-hybridized carbons (Fsp3) is 0.538. The van der Waals surface area contributed by atoms with Crippen LogP contribution in [-0.2, 0) is 10.0 Å². The van der Waals surface area contributed by atoms with E-state index < -0.39 is 22.2 Å². The molecule has 0 radical (unpaired) electrons. The summed E-state index contributed by atoms with van der Waals surface area (Å²) in [6.07, 6.45) is 2.58. The SMILES string of the molecule is Cc1c(N)cccc1S(=O)(=O)N[C@H]1CCCC[C@@H]1O. The molecule has 1 saturated carbocycles. The van der Waals surface area contributed by atoms with Crippen molar-refractivity contribution >= 4 is 15.7 Å². The minimum Gasteiger partial charge on any atom is -0.398 e. The fourth-order valence-electron chi connectivity index (χ4n) is 2.43. The van der Waals surface area contributed by atoms with Crippen LogP contribution in [0.4, 0.5) is 5.69 Å². The zero-order valence-electron chi connectivity index (χ0n) is 11.0. The van der Waals surface area contributed by atoms with Crippen LogP contribution in [0.3, 0.4) is 0 Å². The number of hydrogen-bond acceptors (Lipinski definition) is 4. The molecule has 2 rings (SSSR count). The Labute approximate surface area is 113 Å². The molecule has 1 aromatic rings. The molecule has 2 atom stereocenters. The summed E-state index contributed by atoms with van der Waals surface area (Å²) >= 11 is 0. The molecule has 0 spiro atoms. The second kappa shape index (κ2) is 5.48. The smallest absolute Gasteiger partial charge is 0.241 e. The first-order valence-corrected chi connectivity index (χ1v) is 7.95. The first-order valence-electron chi connectivity index (χ1n) is 6.47. The lowest BCUT2D eigenvalue weighted by atomic mass is 9.93. The first kappa shape index (κ1) is 14.3. The quantitative estimate of drug-likeness (QED) is 0.726. The largest absolute Gasteiger partial charge is 0.398 e. The van der Waals surface area contributed by atoms with Crippen LogP contribution < -0.4 is 10.5 Å². The maximum absolute atomic E-state index is 12.3. The highest BCUT2D eigenvalue weighted by Gasteiger charge is 2.28. The summed E-state index contributed by atoms with van der Waals surface area (Å²) in [4.78, 5) is 0.185. The Hall–Kier alpha value is -1.11. The van der Waals surface area contributed by atoms with Crippen molar-refractivity contribution in [2.75, 3.05) is 5.73 Å². The minimum atomic E-state index is -3.64. The normalized spacial score (nSPS) is 24.3. The van der Waals surface area contributed by atoms with Crippen LogP contribution in [-0.4, -0.2) is 25.7 Å². The van der Waals surface area contributed by atoms with Gasteiger partial charge in [-0.3, -0.25) is 0 Å². The number of aliphatic hydroxyl groups is 1. The lowest BCUT2D eigenvalue weighted by Gasteiger charge is -2.28. The van der Waals surface area contributed by atoms with E-state index >= 15 is 0 Å². The van der Waals surface area contributed by atoms with Crippen LogP contribution in [0.5, 0.6) is 0 Å². The Balaban J connectivity index is 2.25. The Morgan fingerprint density at radius 1 is 1.32 bits per heavy atom. The third-order valence-electron chi connectivity index (χ3n) is 3.65. The van der Waals surface area contributed by atoms with Crippen LogP contribution in [0.1, 0.15) is 31.2 Å². The van der Waals surface area contributed by atoms with E-state index in [1.165, 1.54) is 6.07 Å². The Kier molecular flexibility index (Phi) is 4.13. The van der Waals surface area contributed by atoms with Crippen LogP contribution >= 0.6 is 0 Å². The van der Waals surface area contributed by atoms with Crippen molar-refractivity contribution in [2.45, 2.75) is 49.6 Å². The van der Waals surface area contributed by atoms with E-state index in [2.05, 4.69) is 4.72 Å². The standard InChI is InChI=1S/C13H20N2O3S/c1-9-10(14)5-4-8-13(9)19(17,18)15-11-6-2-3-7-12(11)16/h4-5,8,11-12,15-16H,2-3,6-7,14H2,1H3/t11-,12-/m0/s1. The van der Waals surface area contributed by atoms with Gasteiger partial charge in [0.2, 0.25) is 10.0 Å². The van der Waals surface area contributed by atoms with E-state index in [4.69, 9.17) is 5.73 Å². The number of aliphatic hydroxyl groups excluding tert-OH is 1. The van der Waals surface area contributed by atoms with E-state index in [9.17, 15) is 13.5 Å². The van der Waals surface area contributed by atoms with Crippen molar-refractivity contribution in [3.63, 3.8) is 0 Å². The van der Waals surface area contributed by atoms with Crippen molar-refractivity contribution < 1.29 is 13.5 Å². The van der Waals surface area contributed by atoms with Crippen molar-refractivity contribution in [3.05, 3.63) is 23.8 Å². The van der Waals surface area contributed by atoms with Gasteiger partial charge in [-0.05, 0) is 37.5 Å². The average Bonchev–Trinajstić information content (AvgIpc) is 2.35. The topological polar surface area (TPSA) is 92.4 Å². The van der Waals surface area contributed by atoms with Gasteiger partial charge in [-0.15, -0.1) is 0 Å². The van der Waals surface area contributed by atoms with E-state index in [1.54, 1.807) is 19.1 Å². The summed E-state index contributed by atoms with van der Waals surface area (Å²) < 4.78 is 27.3. The molecule has 0 saturated heterocycles. The Bertz CT molecular complexity index is 557. The molecule has 1 aromatic carbocycles. The molecule has 106 valence electrons. The lowest BCUT2D eigenvalue weighted by molar-refractivity contribution is 0.101. The first-order chi connectivity index (χ1) is 8.92. The number of rotatable bonds is 3. The number of nitrogen functional groups attached to an aromatic ring is 1. The molecule has 0 amide bonds. The van der Waals surface area contributed by atoms with Gasteiger partial charge in [0.1, 0.15) is 0 Å². The molecule has 0 aliphatic heterocycles. The third-order valence-corrected chi connectivity index (χ3v) is 5.29. The van der Waals surface area contributed by atoms with Crippen LogP contribution in [0.25, 0.3) is 0 Å². The van der Waals surface area contributed by atoms with Crippen molar-refractivity contribution in [3.8, 4) is 0 Å². The lowest BCUT2D eigenvalue weighted by Crippen LogP contribution is -2.45. The maximum atomic E-state index is 12.3. The number of sulfonamides is 1. The Morgan fingerprint density at radius 2 is 2.00 bits per heavy atom.